The van der Waals surface area contributed by atoms with Crippen LogP contribution in [0.3, 0.4) is 0 Å². The first-order valence-corrected chi connectivity index (χ1v) is 14.7. The topological polar surface area (TPSA) is 35.5 Å². The minimum atomic E-state index is -0.628. The molecule has 3 nitrogen and oxygen atoms in total. The largest absolute Gasteiger partial charge is 0.494 e. The zero-order valence-corrected chi connectivity index (χ0v) is 23.5. The van der Waals surface area contributed by atoms with Gasteiger partial charge in [0.25, 0.3) is 0 Å². The predicted molar refractivity (Wildman–Crippen MR) is 153 cm³/mol. The molecule has 0 aliphatic heterocycles. The first-order valence-electron chi connectivity index (χ1n) is 14.2. The number of carbonyl (C=O) groups is 1. The molecule has 4 heteroatoms. The molecule has 36 heavy (non-hydrogen) atoms. The Morgan fingerprint density at radius 1 is 0.694 bits per heavy atom. The van der Waals surface area contributed by atoms with Crippen molar-refractivity contribution in [1.29, 1.82) is 0 Å². The van der Waals surface area contributed by atoms with Crippen LogP contribution in [0.1, 0.15) is 104 Å². The second-order valence-corrected chi connectivity index (χ2v) is 10.5. The van der Waals surface area contributed by atoms with Gasteiger partial charge in [-0.1, -0.05) is 122 Å². The zero-order chi connectivity index (χ0) is 26.0. The summed E-state index contributed by atoms with van der Waals surface area (Å²) in [6.07, 6.45) is 17.0. The van der Waals surface area contributed by atoms with E-state index in [4.69, 9.17) is 21.1 Å². The fraction of sp³-hybridized carbons (Fsp3) is 0.594. The molecule has 0 fully saturated rings. The smallest absolute Gasteiger partial charge is 0.329 e. The highest BCUT2D eigenvalue weighted by Crippen LogP contribution is 2.26. The average molecular weight is 515 g/mol. The number of esters is 1. The fourth-order valence-electron chi connectivity index (χ4n) is 4.20. The van der Waals surface area contributed by atoms with E-state index in [0.717, 1.165) is 36.3 Å². The van der Waals surface area contributed by atoms with Gasteiger partial charge < -0.3 is 9.47 Å². The maximum Gasteiger partial charge on any atom is 0.329 e. The number of ether oxygens (including phenoxy) is 2. The standard InChI is InChI=1S/C32H47ClO3/c1-4-6-7-8-9-10-11-12-13-14-15-16-25-35-29-21-17-27(18-22-29)28-19-23-30(24-20-28)36-32(34)31(33)26(3)5-2/h17-24,26,31H,4-16,25H2,1-3H3. The summed E-state index contributed by atoms with van der Waals surface area (Å²) < 4.78 is 11.4. The number of alkyl halides is 1. The molecular weight excluding hydrogens is 468 g/mol. The van der Waals surface area contributed by atoms with Gasteiger partial charge in [-0.25, -0.2) is 0 Å². The summed E-state index contributed by atoms with van der Waals surface area (Å²) in [5, 5.41) is -0.628. The van der Waals surface area contributed by atoms with E-state index >= 15 is 0 Å². The van der Waals surface area contributed by atoms with Crippen molar-refractivity contribution in [2.24, 2.45) is 5.92 Å². The van der Waals surface area contributed by atoms with Gasteiger partial charge in [-0.2, -0.15) is 0 Å². The molecule has 2 aromatic carbocycles. The lowest BCUT2D eigenvalue weighted by Crippen LogP contribution is -2.26. The zero-order valence-electron chi connectivity index (χ0n) is 22.8. The summed E-state index contributed by atoms with van der Waals surface area (Å²) in [6.45, 7) is 7.01. The third-order valence-electron chi connectivity index (χ3n) is 6.90. The molecule has 0 saturated carbocycles. The van der Waals surface area contributed by atoms with Crippen LogP contribution in [0.2, 0.25) is 0 Å². The second kappa shape index (κ2) is 18.3. The minimum Gasteiger partial charge on any atom is -0.494 e. The molecule has 0 spiro atoms. The quantitative estimate of drug-likeness (QED) is 0.0809. The van der Waals surface area contributed by atoms with Crippen LogP contribution < -0.4 is 9.47 Å². The van der Waals surface area contributed by atoms with Crippen LogP contribution in [0, 0.1) is 5.92 Å². The average Bonchev–Trinajstić information content (AvgIpc) is 2.91. The molecule has 2 unspecified atom stereocenters. The first-order chi connectivity index (χ1) is 17.5. The highest BCUT2D eigenvalue weighted by atomic mass is 35.5. The van der Waals surface area contributed by atoms with Crippen molar-refractivity contribution in [2.45, 2.75) is 110 Å². The Hall–Kier alpha value is -2.00. The summed E-state index contributed by atoms with van der Waals surface area (Å²) >= 11 is 6.19. The summed E-state index contributed by atoms with van der Waals surface area (Å²) in [5.41, 5.74) is 2.16. The molecule has 0 N–H and O–H groups in total. The number of benzene rings is 2. The highest BCUT2D eigenvalue weighted by Gasteiger charge is 2.23. The molecule has 0 aliphatic carbocycles. The number of hydrogen-bond donors (Lipinski definition) is 0. The Labute approximate surface area is 224 Å². The summed E-state index contributed by atoms with van der Waals surface area (Å²) in [6, 6.07) is 15.7. The first kappa shape index (κ1) is 30.2. The van der Waals surface area contributed by atoms with E-state index in [2.05, 4.69) is 19.1 Å². The van der Waals surface area contributed by atoms with Crippen molar-refractivity contribution in [3.63, 3.8) is 0 Å². The Balaban J connectivity index is 1.60. The van der Waals surface area contributed by atoms with Crippen molar-refractivity contribution >= 4 is 17.6 Å². The van der Waals surface area contributed by atoms with E-state index in [1.165, 1.54) is 70.6 Å². The monoisotopic (exact) mass is 514 g/mol. The van der Waals surface area contributed by atoms with Crippen LogP contribution in [0.5, 0.6) is 11.5 Å². The number of carbonyl (C=O) groups excluding carboxylic acids is 1. The molecule has 2 aromatic rings. The van der Waals surface area contributed by atoms with E-state index in [-0.39, 0.29) is 5.92 Å². The van der Waals surface area contributed by atoms with Gasteiger partial charge in [0.2, 0.25) is 0 Å². The molecule has 0 aliphatic rings. The maximum atomic E-state index is 12.2. The fourth-order valence-corrected chi connectivity index (χ4v) is 4.43. The van der Waals surface area contributed by atoms with Crippen molar-refractivity contribution < 1.29 is 14.3 Å². The lowest BCUT2D eigenvalue weighted by Gasteiger charge is -2.15. The van der Waals surface area contributed by atoms with E-state index in [1.54, 1.807) is 0 Å². The van der Waals surface area contributed by atoms with Gasteiger partial charge >= 0.3 is 5.97 Å². The maximum absolute atomic E-state index is 12.2. The summed E-state index contributed by atoms with van der Waals surface area (Å²) in [5.74, 6) is 1.11. The Kier molecular flexibility index (Phi) is 15.3. The molecule has 200 valence electrons. The molecule has 0 radical (unpaired) electrons. The van der Waals surface area contributed by atoms with Crippen LogP contribution in [-0.2, 0) is 4.79 Å². The minimum absolute atomic E-state index is 0.0823. The van der Waals surface area contributed by atoms with Crippen molar-refractivity contribution in [2.75, 3.05) is 6.61 Å². The predicted octanol–water partition coefficient (Wildman–Crippen LogP) is 9.99. The Bertz CT molecular complexity index is 831. The second-order valence-electron chi connectivity index (χ2n) is 9.99. The van der Waals surface area contributed by atoms with Crippen molar-refractivity contribution in [3.8, 4) is 22.6 Å². The Morgan fingerprint density at radius 3 is 1.61 bits per heavy atom. The van der Waals surface area contributed by atoms with Gasteiger partial charge in [-0.3, -0.25) is 4.79 Å². The van der Waals surface area contributed by atoms with E-state index < -0.39 is 11.3 Å². The van der Waals surface area contributed by atoms with Crippen molar-refractivity contribution in [3.05, 3.63) is 48.5 Å². The van der Waals surface area contributed by atoms with Crippen LogP contribution in [0.4, 0.5) is 0 Å². The van der Waals surface area contributed by atoms with Crippen LogP contribution in [0.15, 0.2) is 48.5 Å². The molecular formula is C32H47ClO3. The molecule has 0 aromatic heterocycles. The van der Waals surface area contributed by atoms with Gasteiger partial charge in [0.05, 0.1) is 6.61 Å². The molecule has 0 amide bonds. The summed E-state index contributed by atoms with van der Waals surface area (Å²) in [7, 11) is 0. The van der Waals surface area contributed by atoms with Gasteiger partial charge in [0.1, 0.15) is 16.9 Å². The van der Waals surface area contributed by atoms with Crippen LogP contribution in [-0.4, -0.2) is 18.0 Å². The number of unbranched alkanes of at least 4 members (excludes halogenated alkanes) is 11. The third-order valence-corrected chi connectivity index (χ3v) is 7.50. The number of rotatable bonds is 19. The molecule has 0 heterocycles. The SMILES string of the molecule is CCCCCCCCCCCCCCOc1ccc(-c2ccc(OC(=O)C(Cl)C(C)CC)cc2)cc1. The van der Waals surface area contributed by atoms with Crippen LogP contribution >= 0.6 is 11.6 Å². The molecule has 0 bridgehead atoms. The van der Waals surface area contributed by atoms with Gasteiger partial charge in [0, 0.05) is 0 Å². The lowest BCUT2D eigenvalue weighted by atomic mass is 10.0. The molecule has 0 saturated heterocycles. The molecule has 2 rings (SSSR count). The van der Waals surface area contributed by atoms with Gasteiger partial charge in [0.15, 0.2) is 0 Å². The highest BCUT2D eigenvalue weighted by molar-refractivity contribution is 6.30. The number of hydrogen-bond acceptors (Lipinski definition) is 3. The Morgan fingerprint density at radius 2 is 1.14 bits per heavy atom. The van der Waals surface area contributed by atoms with Crippen LogP contribution in [0.25, 0.3) is 11.1 Å². The lowest BCUT2D eigenvalue weighted by molar-refractivity contribution is -0.134. The summed E-state index contributed by atoms with van der Waals surface area (Å²) in [4.78, 5) is 12.2. The van der Waals surface area contributed by atoms with Gasteiger partial charge in [-0.05, 0) is 47.7 Å². The van der Waals surface area contributed by atoms with Gasteiger partial charge in [-0.15, -0.1) is 11.6 Å². The van der Waals surface area contributed by atoms with E-state index in [1.807, 2.05) is 50.2 Å². The van der Waals surface area contributed by atoms with Crippen molar-refractivity contribution in [1.82, 2.24) is 0 Å². The molecule has 2 atom stereocenters. The number of halogens is 1. The van der Waals surface area contributed by atoms with E-state index in [0.29, 0.717) is 5.75 Å². The van der Waals surface area contributed by atoms with E-state index in [9.17, 15) is 4.79 Å². The normalized spacial score (nSPS) is 12.8. The third kappa shape index (κ3) is 11.8.